The predicted octanol–water partition coefficient (Wildman–Crippen LogP) is 2.16. The van der Waals surface area contributed by atoms with E-state index in [2.05, 4.69) is 9.05 Å². The normalized spacial score (nSPS) is 13.9. The molecule has 0 amide bonds. The van der Waals surface area contributed by atoms with Crippen LogP contribution in [-0.4, -0.2) is 19.3 Å². The summed E-state index contributed by atoms with van der Waals surface area (Å²) < 4.78 is 21.1. The Morgan fingerprint density at radius 3 is 2.14 bits per heavy atom. The smallest absolute Gasteiger partial charge is 0.362 e. The van der Waals surface area contributed by atoms with E-state index in [1.807, 2.05) is 0 Å². The summed E-state index contributed by atoms with van der Waals surface area (Å²) in [6, 6.07) is 8.62. The molecule has 0 radical (unpaired) electrons. The first kappa shape index (κ1) is 11.4. The van der Waals surface area contributed by atoms with E-state index >= 15 is 0 Å². The van der Waals surface area contributed by atoms with Crippen molar-refractivity contribution in [1.29, 1.82) is 0 Å². The summed E-state index contributed by atoms with van der Waals surface area (Å²) in [5, 5.41) is 9.73. The lowest BCUT2D eigenvalue weighted by atomic mass is 10.2. The monoisotopic (exact) mass is 216 g/mol. The molecule has 78 valence electrons. The Morgan fingerprint density at radius 1 is 1.21 bits per heavy atom. The zero-order valence-electron chi connectivity index (χ0n) is 8.08. The Labute approximate surface area is 83.0 Å². The molecule has 0 spiro atoms. The first-order valence-electron chi connectivity index (χ1n) is 4.08. The van der Waals surface area contributed by atoms with Crippen LogP contribution in [0.2, 0.25) is 0 Å². The molecule has 0 unspecified atom stereocenters. The first-order valence-corrected chi connectivity index (χ1v) is 5.69. The van der Waals surface area contributed by atoms with E-state index in [0.29, 0.717) is 5.56 Å². The minimum absolute atomic E-state index is 0.513. The van der Waals surface area contributed by atoms with Crippen LogP contribution in [-0.2, 0) is 13.6 Å². The van der Waals surface area contributed by atoms with Gasteiger partial charge in [-0.05, 0) is 5.56 Å². The highest BCUT2D eigenvalue weighted by atomic mass is 31.2. The standard InChI is InChI=1S/C9H13O4P/c1-12-14(11,13-2)9(10)8-6-4-3-5-7-8/h3-7,9-10H,1-2H3/t9-/m1/s1. The summed E-state index contributed by atoms with van der Waals surface area (Å²) >= 11 is 0. The predicted molar refractivity (Wildman–Crippen MR) is 53.0 cm³/mol. The Balaban J connectivity index is 2.95. The van der Waals surface area contributed by atoms with E-state index in [-0.39, 0.29) is 0 Å². The number of hydrogen-bond donors (Lipinski definition) is 1. The average molecular weight is 216 g/mol. The van der Waals surface area contributed by atoms with Crippen LogP contribution in [0.5, 0.6) is 0 Å². The van der Waals surface area contributed by atoms with Gasteiger partial charge in [-0.3, -0.25) is 4.57 Å². The summed E-state index contributed by atoms with van der Waals surface area (Å²) in [4.78, 5) is 0. The topological polar surface area (TPSA) is 55.8 Å². The second kappa shape index (κ2) is 4.71. The molecule has 1 atom stereocenters. The van der Waals surface area contributed by atoms with Gasteiger partial charge in [-0.1, -0.05) is 30.3 Å². The van der Waals surface area contributed by atoms with Crippen molar-refractivity contribution in [3.63, 3.8) is 0 Å². The van der Waals surface area contributed by atoms with Gasteiger partial charge in [0.05, 0.1) is 0 Å². The van der Waals surface area contributed by atoms with Crippen LogP contribution in [0.1, 0.15) is 11.4 Å². The van der Waals surface area contributed by atoms with Gasteiger partial charge in [0.2, 0.25) is 0 Å². The lowest BCUT2D eigenvalue weighted by molar-refractivity contribution is 0.176. The molecule has 0 aliphatic carbocycles. The highest BCUT2D eigenvalue weighted by Crippen LogP contribution is 2.58. The Morgan fingerprint density at radius 2 is 1.71 bits per heavy atom. The lowest BCUT2D eigenvalue weighted by Crippen LogP contribution is -2.02. The van der Waals surface area contributed by atoms with Gasteiger partial charge in [0.1, 0.15) is 0 Å². The second-order valence-electron chi connectivity index (χ2n) is 2.69. The van der Waals surface area contributed by atoms with Gasteiger partial charge in [0.25, 0.3) is 0 Å². The molecule has 0 aliphatic heterocycles. The van der Waals surface area contributed by atoms with Crippen molar-refractivity contribution in [2.24, 2.45) is 0 Å². The van der Waals surface area contributed by atoms with Crippen molar-refractivity contribution >= 4 is 7.60 Å². The number of aliphatic hydroxyl groups excluding tert-OH is 1. The van der Waals surface area contributed by atoms with Gasteiger partial charge in [0.15, 0.2) is 5.85 Å². The number of rotatable bonds is 4. The van der Waals surface area contributed by atoms with Gasteiger partial charge in [0, 0.05) is 14.2 Å². The molecule has 1 aromatic rings. The highest BCUT2D eigenvalue weighted by Gasteiger charge is 2.33. The Hall–Kier alpha value is -0.670. The van der Waals surface area contributed by atoms with Crippen LogP contribution in [0, 0.1) is 0 Å². The first-order chi connectivity index (χ1) is 6.64. The van der Waals surface area contributed by atoms with E-state index in [0.717, 1.165) is 0 Å². The fourth-order valence-electron chi connectivity index (χ4n) is 1.08. The summed E-state index contributed by atoms with van der Waals surface area (Å²) in [7, 11) is -0.946. The van der Waals surface area contributed by atoms with Crippen molar-refractivity contribution in [2.45, 2.75) is 5.85 Å². The van der Waals surface area contributed by atoms with Crippen molar-refractivity contribution in [3.05, 3.63) is 35.9 Å². The van der Waals surface area contributed by atoms with Crippen LogP contribution < -0.4 is 0 Å². The second-order valence-corrected chi connectivity index (χ2v) is 4.99. The van der Waals surface area contributed by atoms with Gasteiger partial charge >= 0.3 is 7.60 Å². The van der Waals surface area contributed by atoms with Crippen LogP contribution in [0.15, 0.2) is 30.3 Å². The van der Waals surface area contributed by atoms with Crippen LogP contribution in [0.4, 0.5) is 0 Å². The minimum Gasteiger partial charge on any atom is -0.376 e. The Kier molecular flexibility index (Phi) is 3.84. The van der Waals surface area contributed by atoms with Crippen molar-refractivity contribution < 1.29 is 18.7 Å². The number of hydrogen-bond acceptors (Lipinski definition) is 4. The van der Waals surface area contributed by atoms with Gasteiger partial charge in [-0.2, -0.15) is 0 Å². The Bertz CT molecular complexity index is 317. The lowest BCUT2D eigenvalue weighted by Gasteiger charge is -2.19. The van der Waals surface area contributed by atoms with Crippen molar-refractivity contribution in [3.8, 4) is 0 Å². The molecule has 0 aromatic heterocycles. The van der Waals surface area contributed by atoms with Crippen molar-refractivity contribution in [1.82, 2.24) is 0 Å². The average Bonchev–Trinajstić information content (AvgIpc) is 2.28. The summed E-state index contributed by atoms with van der Waals surface area (Å²) in [6.07, 6.45) is 0. The SMILES string of the molecule is COP(=O)(OC)[C@@H](O)c1ccccc1. The molecule has 0 heterocycles. The molecule has 1 aromatic carbocycles. The van der Waals surface area contributed by atoms with E-state index < -0.39 is 13.4 Å². The molecule has 1 N–H and O–H groups in total. The third-order valence-corrected chi connectivity index (χ3v) is 3.82. The summed E-state index contributed by atoms with van der Waals surface area (Å²) in [5.74, 6) is -1.24. The quantitative estimate of drug-likeness (QED) is 0.783. The van der Waals surface area contributed by atoms with Crippen LogP contribution >= 0.6 is 7.60 Å². The van der Waals surface area contributed by atoms with E-state index in [9.17, 15) is 9.67 Å². The molecule has 14 heavy (non-hydrogen) atoms. The van der Waals surface area contributed by atoms with E-state index in [1.54, 1.807) is 30.3 Å². The summed E-state index contributed by atoms with van der Waals surface area (Å²) in [5.41, 5.74) is 0.513. The zero-order valence-corrected chi connectivity index (χ0v) is 8.98. The minimum atomic E-state index is -3.44. The van der Waals surface area contributed by atoms with Gasteiger partial charge in [-0.15, -0.1) is 0 Å². The molecule has 1 rings (SSSR count). The molecule has 0 saturated carbocycles. The molecule has 0 saturated heterocycles. The molecule has 5 heteroatoms. The van der Waals surface area contributed by atoms with Gasteiger partial charge in [-0.25, -0.2) is 0 Å². The fraction of sp³-hybridized carbons (Fsp3) is 0.333. The van der Waals surface area contributed by atoms with E-state index in [4.69, 9.17) is 0 Å². The molecular weight excluding hydrogens is 203 g/mol. The largest absolute Gasteiger partial charge is 0.376 e. The van der Waals surface area contributed by atoms with Crippen molar-refractivity contribution in [2.75, 3.05) is 14.2 Å². The molecule has 0 aliphatic rings. The third-order valence-electron chi connectivity index (χ3n) is 1.91. The summed E-state index contributed by atoms with van der Waals surface area (Å²) in [6.45, 7) is 0. The number of aliphatic hydroxyl groups is 1. The molecule has 0 fully saturated rings. The third kappa shape index (κ3) is 2.22. The highest BCUT2D eigenvalue weighted by molar-refractivity contribution is 7.53. The molecule has 0 bridgehead atoms. The number of benzene rings is 1. The zero-order chi connectivity index (χ0) is 10.6. The molecule has 4 nitrogen and oxygen atoms in total. The fourth-order valence-corrected chi connectivity index (χ4v) is 2.17. The van der Waals surface area contributed by atoms with Crippen LogP contribution in [0.25, 0.3) is 0 Å². The maximum atomic E-state index is 11.8. The van der Waals surface area contributed by atoms with Gasteiger partial charge < -0.3 is 14.2 Å². The van der Waals surface area contributed by atoms with Crippen LogP contribution in [0.3, 0.4) is 0 Å². The maximum Gasteiger partial charge on any atom is 0.362 e. The maximum absolute atomic E-state index is 11.8. The molecular formula is C9H13O4P. The van der Waals surface area contributed by atoms with E-state index in [1.165, 1.54) is 14.2 Å².